The Bertz CT molecular complexity index is 787. The van der Waals surface area contributed by atoms with Crippen LogP contribution in [0.3, 0.4) is 0 Å². The summed E-state index contributed by atoms with van der Waals surface area (Å²) < 4.78 is 5.03. The average molecular weight is 353 g/mol. The van der Waals surface area contributed by atoms with Gasteiger partial charge in [-0.1, -0.05) is 44.2 Å². The van der Waals surface area contributed by atoms with Crippen LogP contribution in [0.4, 0.5) is 0 Å². The molecule has 1 aliphatic carbocycles. The molecule has 1 atom stereocenters. The van der Waals surface area contributed by atoms with Gasteiger partial charge in [-0.25, -0.2) is 4.79 Å². The number of carbonyl (C=O) groups is 2. The number of hydrogen-bond acceptors (Lipinski definition) is 4. The van der Waals surface area contributed by atoms with Crippen LogP contribution in [0, 0.1) is 11.3 Å². The molecule has 138 valence electrons. The lowest BCUT2D eigenvalue weighted by molar-refractivity contribution is -0.136. The minimum atomic E-state index is -0.350. The molecule has 0 fully saturated rings. The highest BCUT2D eigenvalue weighted by Crippen LogP contribution is 2.44. The molecule has 1 aromatic rings. The summed E-state index contributed by atoms with van der Waals surface area (Å²) in [6.07, 6.45) is 2.87. The van der Waals surface area contributed by atoms with Crippen LogP contribution in [0.1, 0.15) is 45.6 Å². The van der Waals surface area contributed by atoms with Gasteiger partial charge in [0.05, 0.1) is 12.7 Å². The Morgan fingerprint density at radius 2 is 1.92 bits per heavy atom. The van der Waals surface area contributed by atoms with Gasteiger partial charge in [0.25, 0.3) is 0 Å². The van der Waals surface area contributed by atoms with Gasteiger partial charge in [0.1, 0.15) is 0 Å². The smallest absolute Gasteiger partial charge is 0.336 e. The molecule has 1 aliphatic heterocycles. The number of ketones is 1. The van der Waals surface area contributed by atoms with E-state index in [0.717, 1.165) is 36.2 Å². The fourth-order valence-electron chi connectivity index (χ4n) is 4.20. The Hall–Kier alpha value is -2.36. The van der Waals surface area contributed by atoms with Gasteiger partial charge in [0.15, 0.2) is 5.78 Å². The number of Topliss-reactive ketones (excluding diaryl/α,β-unsaturated/α-hetero) is 1. The molecule has 1 N–H and O–H groups in total. The number of methoxy groups -OCH3 is 1. The molecular formula is C22H27NO3. The van der Waals surface area contributed by atoms with Crippen molar-refractivity contribution in [2.24, 2.45) is 11.3 Å². The molecule has 0 saturated heterocycles. The quantitative estimate of drug-likeness (QED) is 0.834. The normalized spacial score (nSPS) is 22.0. The molecular weight excluding hydrogens is 326 g/mol. The number of dihydropyridines is 1. The largest absolute Gasteiger partial charge is 0.466 e. The van der Waals surface area contributed by atoms with Crippen molar-refractivity contribution in [2.75, 3.05) is 7.11 Å². The maximum Gasteiger partial charge on any atom is 0.336 e. The molecule has 4 nitrogen and oxygen atoms in total. The van der Waals surface area contributed by atoms with Crippen LogP contribution in [0.25, 0.3) is 0 Å². The maximum absolute atomic E-state index is 13.0. The van der Waals surface area contributed by atoms with Crippen molar-refractivity contribution in [3.63, 3.8) is 0 Å². The van der Waals surface area contributed by atoms with Gasteiger partial charge < -0.3 is 10.1 Å². The molecule has 0 radical (unpaired) electrons. The van der Waals surface area contributed by atoms with Crippen molar-refractivity contribution in [3.8, 4) is 0 Å². The molecule has 0 aromatic heterocycles. The zero-order valence-electron chi connectivity index (χ0n) is 16.0. The average Bonchev–Trinajstić information content (AvgIpc) is 2.58. The predicted molar refractivity (Wildman–Crippen MR) is 101 cm³/mol. The first-order valence-corrected chi connectivity index (χ1v) is 9.18. The Morgan fingerprint density at radius 1 is 1.23 bits per heavy atom. The van der Waals surface area contributed by atoms with Crippen LogP contribution in [-0.2, 0) is 20.7 Å². The van der Waals surface area contributed by atoms with Gasteiger partial charge in [0.2, 0.25) is 0 Å². The first-order valence-electron chi connectivity index (χ1n) is 9.18. The van der Waals surface area contributed by atoms with E-state index in [9.17, 15) is 9.59 Å². The number of rotatable bonds is 4. The van der Waals surface area contributed by atoms with E-state index in [1.54, 1.807) is 0 Å². The van der Waals surface area contributed by atoms with E-state index in [0.29, 0.717) is 12.0 Å². The Balaban J connectivity index is 1.97. The van der Waals surface area contributed by atoms with Crippen LogP contribution in [-0.4, -0.2) is 18.9 Å². The third kappa shape index (κ3) is 3.59. The highest BCUT2D eigenvalue weighted by atomic mass is 16.5. The zero-order chi connectivity index (χ0) is 18.9. The van der Waals surface area contributed by atoms with E-state index >= 15 is 0 Å². The molecule has 0 bridgehead atoms. The fourth-order valence-corrected chi connectivity index (χ4v) is 4.20. The molecule has 0 saturated carbocycles. The third-order valence-corrected chi connectivity index (χ3v) is 5.33. The van der Waals surface area contributed by atoms with Crippen molar-refractivity contribution >= 4 is 11.8 Å². The lowest BCUT2D eigenvalue weighted by atomic mass is 9.69. The van der Waals surface area contributed by atoms with E-state index in [1.165, 1.54) is 12.7 Å². The molecule has 4 heteroatoms. The zero-order valence-corrected chi connectivity index (χ0v) is 16.0. The molecule has 3 rings (SSSR count). The van der Waals surface area contributed by atoms with Crippen molar-refractivity contribution in [1.29, 1.82) is 0 Å². The van der Waals surface area contributed by atoms with Gasteiger partial charge >= 0.3 is 5.97 Å². The van der Waals surface area contributed by atoms with Gasteiger partial charge in [-0.2, -0.15) is 0 Å². The summed E-state index contributed by atoms with van der Waals surface area (Å²) in [5, 5.41) is 3.34. The van der Waals surface area contributed by atoms with Crippen molar-refractivity contribution in [2.45, 2.75) is 46.5 Å². The maximum atomic E-state index is 13.0. The van der Waals surface area contributed by atoms with Crippen LogP contribution >= 0.6 is 0 Å². The van der Waals surface area contributed by atoms with Gasteiger partial charge in [-0.3, -0.25) is 4.79 Å². The number of ether oxygens (including phenoxy) is 1. The number of allylic oxidation sites excluding steroid dienone is 3. The molecule has 0 amide bonds. The Labute approximate surface area is 155 Å². The number of esters is 1. The summed E-state index contributed by atoms with van der Waals surface area (Å²) in [7, 11) is 1.40. The highest BCUT2D eigenvalue weighted by molar-refractivity contribution is 6.02. The van der Waals surface area contributed by atoms with Gasteiger partial charge in [0, 0.05) is 29.3 Å². The van der Waals surface area contributed by atoms with Crippen molar-refractivity contribution in [1.82, 2.24) is 5.32 Å². The van der Waals surface area contributed by atoms with E-state index in [1.807, 2.05) is 25.1 Å². The Kier molecular flexibility index (Phi) is 5.03. The second kappa shape index (κ2) is 7.10. The summed E-state index contributed by atoms with van der Waals surface area (Å²) in [6, 6.07) is 10.2. The number of aryl methyl sites for hydroxylation is 1. The molecule has 26 heavy (non-hydrogen) atoms. The van der Waals surface area contributed by atoms with Crippen molar-refractivity contribution in [3.05, 3.63) is 58.4 Å². The molecule has 1 heterocycles. The van der Waals surface area contributed by atoms with Gasteiger partial charge in [-0.05, 0) is 37.2 Å². The summed E-state index contributed by atoms with van der Waals surface area (Å²) >= 11 is 0. The molecule has 0 spiro atoms. The standard InChI is InChI=1S/C22H27NO3/c1-14-19(21(25)26-4)16(11-10-15-8-6-5-7-9-15)20-17(23-14)12-22(2,3)13-18(20)24/h5-9,16,23H,10-13H2,1-4H3. The number of hydrogen-bond donors (Lipinski definition) is 1. The third-order valence-electron chi connectivity index (χ3n) is 5.33. The van der Waals surface area contributed by atoms with Crippen LogP contribution in [0.2, 0.25) is 0 Å². The van der Waals surface area contributed by atoms with E-state index < -0.39 is 0 Å². The van der Waals surface area contributed by atoms with E-state index in [4.69, 9.17) is 4.74 Å². The van der Waals surface area contributed by atoms with Crippen LogP contribution in [0.15, 0.2) is 52.9 Å². The summed E-state index contributed by atoms with van der Waals surface area (Å²) in [5.41, 5.74) is 4.31. The minimum absolute atomic E-state index is 0.0596. The van der Waals surface area contributed by atoms with Crippen molar-refractivity contribution < 1.29 is 14.3 Å². The lowest BCUT2D eigenvalue weighted by Gasteiger charge is -2.39. The topological polar surface area (TPSA) is 55.4 Å². The minimum Gasteiger partial charge on any atom is -0.466 e. The van der Waals surface area contributed by atoms with Crippen LogP contribution < -0.4 is 5.32 Å². The second-order valence-corrected chi connectivity index (χ2v) is 8.07. The van der Waals surface area contributed by atoms with E-state index in [2.05, 4.69) is 31.3 Å². The van der Waals surface area contributed by atoms with Gasteiger partial charge in [-0.15, -0.1) is 0 Å². The monoisotopic (exact) mass is 353 g/mol. The predicted octanol–water partition coefficient (Wildman–Crippen LogP) is 3.93. The second-order valence-electron chi connectivity index (χ2n) is 8.07. The molecule has 2 aliphatic rings. The Morgan fingerprint density at radius 3 is 2.58 bits per heavy atom. The number of benzene rings is 1. The number of nitrogens with one attached hydrogen (secondary N) is 1. The first kappa shape index (κ1) is 18.4. The van der Waals surface area contributed by atoms with E-state index in [-0.39, 0.29) is 23.1 Å². The summed E-state index contributed by atoms with van der Waals surface area (Å²) in [5.74, 6) is -0.407. The lowest BCUT2D eigenvalue weighted by Crippen LogP contribution is -2.39. The SMILES string of the molecule is COC(=O)C1=C(C)NC2=C(C(=O)CC(C)(C)C2)C1CCc1ccccc1. The molecule has 1 aromatic carbocycles. The summed E-state index contributed by atoms with van der Waals surface area (Å²) in [6.45, 7) is 6.13. The highest BCUT2D eigenvalue weighted by Gasteiger charge is 2.41. The fraction of sp³-hybridized carbons (Fsp3) is 0.455. The van der Waals surface area contributed by atoms with Crippen LogP contribution in [0.5, 0.6) is 0 Å². The first-order chi connectivity index (χ1) is 12.3. The summed E-state index contributed by atoms with van der Waals surface area (Å²) in [4.78, 5) is 25.4. The number of carbonyl (C=O) groups excluding carboxylic acids is 2. The molecule has 1 unspecified atom stereocenters.